The Balaban J connectivity index is 1.65. The van der Waals surface area contributed by atoms with Gasteiger partial charge in [-0.15, -0.1) is 0 Å². The summed E-state index contributed by atoms with van der Waals surface area (Å²) in [4.78, 5) is 2.53. The van der Waals surface area contributed by atoms with Crippen LogP contribution < -0.4 is 4.90 Å². The van der Waals surface area contributed by atoms with E-state index in [1.54, 1.807) is 0 Å². The number of rotatable bonds is 2. The number of aromatic nitrogens is 2. The smallest absolute Gasteiger partial charge is 0.0568 e. The highest BCUT2D eigenvalue weighted by molar-refractivity contribution is 5.67. The average Bonchev–Trinajstić information content (AvgIpc) is 2.82. The molecule has 3 nitrogen and oxygen atoms in total. The summed E-state index contributed by atoms with van der Waals surface area (Å²) < 4.78 is 1.85. The molecular weight excluding hydrogens is 222 g/mol. The molecule has 2 aromatic rings. The minimum Gasteiger partial charge on any atom is -0.371 e. The topological polar surface area (TPSA) is 21.1 Å². The van der Waals surface area contributed by atoms with Crippen molar-refractivity contribution in [2.75, 3.05) is 18.0 Å². The van der Waals surface area contributed by atoms with E-state index in [1.165, 1.54) is 36.3 Å². The maximum atomic E-state index is 4.24. The minimum absolute atomic E-state index is 0.979. The second-order valence-corrected chi connectivity index (χ2v) is 5.61. The molecule has 0 bridgehead atoms. The standard InChI is InChI=1S/C15H17N3/c1-17-8-14(7-16-17)11-3-2-4-15(6-11)18-9-12-5-13(12)10-18/h2-4,6-8,12-13H,5,9-10H2,1H3/t12-,13+. The van der Waals surface area contributed by atoms with Gasteiger partial charge in [-0.2, -0.15) is 5.10 Å². The van der Waals surface area contributed by atoms with E-state index in [2.05, 4.69) is 40.5 Å². The van der Waals surface area contributed by atoms with Crippen molar-refractivity contribution in [1.29, 1.82) is 0 Å². The van der Waals surface area contributed by atoms with Crippen LogP contribution in [-0.4, -0.2) is 22.9 Å². The van der Waals surface area contributed by atoms with Gasteiger partial charge in [-0.3, -0.25) is 4.68 Å². The van der Waals surface area contributed by atoms with Gasteiger partial charge in [0.25, 0.3) is 0 Å². The van der Waals surface area contributed by atoms with Gasteiger partial charge in [-0.25, -0.2) is 0 Å². The van der Waals surface area contributed by atoms with Gasteiger partial charge in [-0.1, -0.05) is 12.1 Å². The first kappa shape index (κ1) is 10.2. The van der Waals surface area contributed by atoms with Crippen LogP contribution in [0.1, 0.15) is 6.42 Å². The van der Waals surface area contributed by atoms with Gasteiger partial charge in [-0.05, 0) is 36.0 Å². The summed E-state index contributed by atoms with van der Waals surface area (Å²) in [7, 11) is 1.96. The van der Waals surface area contributed by atoms with E-state index in [9.17, 15) is 0 Å². The van der Waals surface area contributed by atoms with Gasteiger partial charge in [0.1, 0.15) is 0 Å². The van der Waals surface area contributed by atoms with Crippen LogP contribution in [0.2, 0.25) is 0 Å². The van der Waals surface area contributed by atoms with Gasteiger partial charge in [0.05, 0.1) is 6.20 Å². The highest BCUT2D eigenvalue weighted by Crippen LogP contribution is 2.46. The lowest BCUT2D eigenvalue weighted by atomic mass is 10.1. The zero-order chi connectivity index (χ0) is 12.1. The van der Waals surface area contributed by atoms with Gasteiger partial charge in [0.2, 0.25) is 0 Å². The lowest BCUT2D eigenvalue weighted by Crippen LogP contribution is -2.21. The average molecular weight is 239 g/mol. The van der Waals surface area contributed by atoms with Gasteiger partial charge in [0.15, 0.2) is 0 Å². The minimum atomic E-state index is 0.979. The number of hydrogen-bond acceptors (Lipinski definition) is 2. The number of fused-ring (bicyclic) bond motifs is 1. The van der Waals surface area contributed by atoms with Crippen LogP contribution in [0.4, 0.5) is 5.69 Å². The van der Waals surface area contributed by atoms with Crippen LogP contribution in [0, 0.1) is 11.8 Å². The predicted molar refractivity (Wildman–Crippen MR) is 72.5 cm³/mol. The van der Waals surface area contributed by atoms with E-state index < -0.39 is 0 Å². The normalized spacial score (nSPS) is 25.3. The van der Waals surface area contributed by atoms with E-state index in [1.807, 2.05) is 17.9 Å². The predicted octanol–water partition coefficient (Wildman–Crippen LogP) is 2.54. The fourth-order valence-corrected chi connectivity index (χ4v) is 3.06. The third kappa shape index (κ3) is 1.62. The molecular formula is C15H17N3. The highest BCUT2D eigenvalue weighted by atomic mass is 15.2. The van der Waals surface area contributed by atoms with Crippen molar-refractivity contribution in [2.24, 2.45) is 18.9 Å². The Morgan fingerprint density at radius 2 is 2.00 bits per heavy atom. The second-order valence-electron chi connectivity index (χ2n) is 5.61. The van der Waals surface area contributed by atoms with Gasteiger partial charge in [0, 0.05) is 37.6 Å². The lowest BCUT2D eigenvalue weighted by Gasteiger charge is -2.20. The van der Waals surface area contributed by atoms with Crippen molar-refractivity contribution in [1.82, 2.24) is 9.78 Å². The maximum absolute atomic E-state index is 4.24. The Morgan fingerprint density at radius 1 is 1.17 bits per heavy atom. The van der Waals surface area contributed by atoms with E-state index >= 15 is 0 Å². The number of benzene rings is 1. The highest BCUT2D eigenvalue weighted by Gasteiger charge is 2.45. The van der Waals surface area contributed by atoms with Crippen LogP contribution >= 0.6 is 0 Å². The molecule has 0 N–H and O–H groups in total. The number of piperidine rings is 1. The van der Waals surface area contributed by atoms with E-state index in [-0.39, 0.29) is 0 Å². The molecule has 92 valence electrons. The number of aryl methyl sites for hydroxylation is 1. The van der Waals surface area contributed by atoms with Crippen molar-refractivity contribution < 1.29 is 0 Å². The monoisotopic (exact) mass is 239 g/mol. The first-order chi connectivity index (χ1) is 8.79. The van der Waals surface area contributed by atoms with Crippen molar-refractivity contribution in [2.45, 2.75) is 6.42 Å². The van der Waals surface area contributed by atoms with Crippen LogP contribution in [0.5, 0.6) is 0 Å². The lowest BCUT2D eigenvalue weighted by molar-refractivity contribution is 0.768. The van der Waals surface area contributed by atoms with Crippen LogP contribution in [0.15, 0.2) is 36.7 Å². The summed E-state index contributed by atoms with van der Waals surface area (Å²) in [6.45, 7) is 2.50. The van der Waals surface area contributed by atoms with Crippen molar-refractivity contribution in [3.8, 4) is 11.1 Å². The first-order valence-electron chi connectivity index (χ1n) is 6.63. The molecule has 4 rings (SSSR count). The number of nitrogens with zero attached hydrogens (tertiary/aromatic N) is 3. The molecule has 1 saturated carbocycles. The zero-order valence-electron chi connectivity index (χ0n) is 10.6. The molecule has 18 heavy (non-hydrogen) atoms. The molecule has 3 heteroatoms. The Labute approximate surface area is 107 Å². The molecule has 0 amide bonds. The fraction of sp³-hybridized carbons (Fsp3) is 0.400. The van der Waals surface area contributed by atoms with Crippen LogP contribution in [-0.2, 0) is 7.05 Å². The fourth-order valence-electron chi connectivity index (χ4n) is 3.06. The van der Waals surface area contributed by atoms with Gasteiger partial charge >= 0.3 is 0 Å². The SMILES string of the molecule is Cn1cc(-c2cccc(N3C[C@H]4C[C@H]4C3)c2)cn1. The Hall–Kier alpha value is -1.77. The molecule has 1 saturated heterocycles. The molecule has 2 aliphatic rings. The van der Waals surface area contributed by atoms with E-state index in [0.29, 0.717) is 0 Å². The summed E-state index contributed by atoms with van der Waals surface area (Å²) >= 11 is 0. The van der Waals surface area contributed by atoms with Crippen LogP contribution in [0.3, 0.4) is 0 Å². The second kappa shape index (κ2) is 3.61. The van der Waals surface area contributed by atoms with Crippen molar-refractivity contribution in [3.05, 3.63) is 36.7 Å². The molecule has 0 spiro atoms. The Morgan fingerprint density at radius 3 is 2.72 bits per heavy atom. The van der Waals surface area contributed by atoms with E-state index in [4.69, 9.17) is 0 Å². The first-order valence-corrected chi connectivity index (χ1v) is 6.63. The molecule has 2 atom stereocenters. The molecule has 2 fully saturated rings. The third-order valence-corrected chi connectivity index (χ3v) is 4.23. The molecule has 1 aromatic carbocycles. The molecule has 2 heterocycles. The van der Waals surface area contributed by atoms with Gasteiger partial charge < -0.3 is 4.90 Å². The quantitative estimate of drug-likeness (QED) is 0.803. The Bertz CT molecular complexity index is 577. The molecule has 1 aliphatic carbocycles. The Kier molecular flexibility index (Phi) is 2.04. The molecule has 1 aliphatic heterocycles. The molecule has 0 unspecified atom stereocenters. The van der Waals surface area contributed by atoms with Crippen LogP contribution in [0.25, 0.3) is 11.1 Å². The van der Waals surface area contributed by atoms with Crippen molar-refractivity contribution in [3.63, 3.8) is 0 Å². The molecule has 1 aromatic heterocycles. The van der Waals surface area contributed by atoms with Crippen molar-refractivity contribution >= 4 is 5.69 Å². The summed E-state index contributed by atoms with van der Waals surface area (Å²) in [5.74, 6) is 1.96. The number of hydrogen-bond donors (Lipinski definition) is 0. The number of anilines is 1. The largest absolute Gasteiger partial charge is 0.371 e. The summed E-state index contributed by atoms with van der Waals surface area (Å²) in [5.41, 5.74) is 3.83. The summed E-state index contributed by atoms with van der Waals surface area (Å²) in [6.07, 6.45) is 5.46. The third-order valence-electron chi connectivity index (χ3n) is 4.23. The molecule has 0 radical (unpaired) electrons. The zero-order valence-corrected chi connectivity index (χ0v) is 10.6. The van der Waals surface area contributed by atoms with E-state index in [0.717, 1.165) is 11.8 Å². The summed E-state index contributed by atoms with van der Waals surface area (Å²) in [6, 6.07) is 8.84. The summed E-state index contributed by atoms with van der Waals surface area (Å²) in [5, 5.41) is 4.24. The maximum Gasteiger partial charge on any atom is 0.0568 e.